The van der Waals surface area contributed by atoms with Crippen LogP contribution in [0.4, 0.5) is 0 Å². The number of nitrogens with zero attached hydrogens (tertiary/aromatic N) is 1. The molecule has 0 spiro atoms. The molecule has 6 nitrogen and oxygen atoms in total. The molecular weight excluding hydrogens is 309 g/mol. The van der Waals surface area contributed by atoms with Gasteiger partial charge in [0.25, 0.3) is 0 Å². The summed E-state index contributed by atoms with van der Waals surface area (Å²) >= 11 is 0. The normalized spacial score (nSPS) is 26.7. The second-order valence-corrected chi connectivity index (χ2v) is 6.67. The summed E-state index contributed by atoms with van der Waals surface area (Å²) in [5.74, 6) is -0.726. The third-order valence-corrected chi connectivity index (χ3v) is 5.30. The average molecular weight is 329 g/mol. The zero-order valence-corrected chi connectivity index (χ0v) is 13.2. The number of rotatable bonds is 6. The van der Waals surface area contributed by atoms with Crippen LogP contribution in [0.15, 0.2) is 34.9 Å². The van der Waals surface area contributed by atoms with E-state index in [9.17, 15) is 14.8 Å². The minimum Gasteiger partial charge on any atom is -0.464 e. The Balaban J connectivity index is 1.60. The predicted octanol–water partition coefficient (Wildman–Crippen LogP) is 1.13. The van der Waals surface area contributed by atoms with E-state index in [4.69, 9.17) is 9.15 Å². The number of ether oxygens (including phenoxy) is 1. The number of furan rings is 1. The van der Waals surface area contributed by atoms with Crippen LogP contribution in [0.1, 0.15) is 24.8 Å². The summed E-state index contributed by atoms with van der Waals surface area (Å²) in [6.07, 6.45) is 5.56. The molecule has 1 aromatic carbocycles. The van der Waals surface area contributed by atoms with E-state index in [0.717, 1.165) is 42.2 Å². The molecule has 2 saturated heterocycles. The van der Waals surface area contributed by atoms with Crippen LogP contribution in [0.25, 0.3) is 11.0 Å². The van der Waals surface area contributed by atoms with Crippen LogP contribution in [0.5, 0.6) is 0 Å². The summed E-state index contributed by atoms with van der Waals surface area (Å²) in [5, 5.41) is 20.7. The van der Waals surface area contributed by atoms with Crippen molar-refractivity contribution in [3.63, 3.8) is 0 Å². The molecule has 1 amide bonds. The van der Waals surface area contributed by atoms with Crippen molar-refractivity contribution in [1.29, 1.82) is 0 Å². The number of fused-ring (bicyclic) bond motifs is 3. The standard InChI is InChI=1S/C17H20BNO5/c20-10-19(14-8-12-5-6-16(14)24-12)17(18(21)22)7-11-9-23-15-4-2-1-3-13(11)15/h1-4,9-10,12,14,16-17,21-22H,5-8H2/t12-,14+,16+,17+/m1/s1. The summed E-state index contributed by atoms with van der Waals surface area (Å²) < 4.78 is 11.3. The van der Waals surface area contributed by atoms with Crippen LogP contribution in [0.2, 0.25) is 0 Å². The fourth-order valence-electron chi connectivity index (χ4n) is 4.11. The van der Waals surface area contributed by atoms with Gasteiger partial charge in [0.05, 0.1) is 30.5 Å². The van der Waals surface area contributed by atoms with Gasteiger partial charge < -0.3 is 24.1 Å². The zero-order chi connectivity index (χ0) is 16.7. The van der Waals surface area contributed by atoms with Gasteiger partial charge in [0, 0.05) is 5.39 Å². The van der Waals surface area contributed by atoms with Crippen molar-refractivity contribution in [3.8, 4) is 0 Å². The Morgan fingerprint density at radius 1 is 1.33 bits per heavy atom. The van der Waals surface area contributed by atoms with Gasteiger partial charge in [0.2, 0.25) is 6.41 Å². The fraction of sp³-hybridized carbons (Fsp3) is 0.471. The van der Waals surface area contributed by atoms with Crippen LogP contribution in [0, 0.1) is 0 Å². The van der Waals surface area contributed by atoms with Gasteiger partial charge in [-0.1, -0.05) is 18.2 Å². The highest BCUT2D eigenvalue weighted by Crippen LogP contribution is 2.38. The summed E-state index contributed by atoms with van der Waals surface area (Å²) in [5.41, 5.74) is 1.61. The number of amides is 1. The summed E-state index contributed by atoms with van der Waals surface area (Å²) in [6, 6.07) is 7.50. The molecule has 3 heterocycles. The second-order valence-electron chi connectivity index (χ2n) is 6.67. The molecule has 126 valence electrons. The number of hydrogen-bond acceptors (Lipinski definition) is 5. The average Bonchev–Trinajstić information content (AvgIpc) is 3.30. The Morgan fingerprint density at radius 3 is 2.83 bits per heavy atom. The third-order valence-electron chi connectivity index (χ3n) is 5.30. The zero-order valence-electron chi connectivity index (χ0n) is 13.2. The molecule has 4 rings (SSSR count). The van der Waals surface area contributed by atoms with Gasteiger partial charge in [0.15, 0.2) is 0 Å². The molecular formula is C17H20BNO5. The molecule has 0 saturated carbocycles. The topological polar surface area (TPSA) is 83.1 Å². The molecule has 2 bridgehead atoms. The van der Waals surface area contributed by atoms with Gasteiger partial charge in [0.1, 0.15) is 5.58 Å². The largest absolute Gasteiger partial charge is 0.476 e. The second kappa shape index (κ2) is 6.24. The number of benzene rings is 1. The lowest BCUT2D eigenvalue weighted by molar-refractivity contribution is -0.122. The molecule has 0 aliphatic carbocycles. The van der Waals surface area contributed by atoms with Crippen molar-refractivity contribution in [3.05, 3.63) is 36.1 Å². The minimum atomic E-state index is -1.62. The number of carbonyl (C=O) groups is 1. The Kier molecular flexibility index (Phi) is 4.08. The Bertz CT molecular complexity index is 733. The monoisotopic (exact) mass is 329 g/mol. The van der Waals surface area contributed by atoms with Gasteiger partial charge in [-0.05, 0) is 37.3 Å². The van der Waals surface area contributed by atoms with Gasteiger partial charge in [-0.2, -0.15) is 0 Å². The molecule has 0 unspecified atom stereocenters. The molecule has 24 heavy (non-hydrogen) atoms. The van der Waals surface area contributed by atoms with Crippen molar-refractivity contribution in [2.75, 3.05) is 0 Å². The fourth-order valence-corrected chi connectivity index (χ4v) is 4.11. The molecule has 2 N–H and O–H groups in total. The molecule has 2 aliphatic heterocycles. The molecule has 0 radical (unpaired) electrons. The molecule has 1 aromatic heterocycles. The molecule has 2 fully saturated rings. The Hall–Kier alpha value is -1.83. The lowest BCUT2D eigenvalue weighted by atomic mass is 9.73. The number of carbonyl (C=O) groups excluding carboxylic acids is 1. The van der Waals surface area contributed by atoms with Crippen LogP contribution in [0.3, 0.4) is 0 Å². The quantitative estimate of drug-likeness (QED) is 0.613. The van der Waals surface area contributed by atoms with E-state index >= 15 is 0 Å². The first kappa shape index (κ1) is 15.7. The maximum Gasteiger partial charge on any atom is 0.476 e. The Labute approximate surface area is 140 Å². The van der Waals surface area contributed by atoms with Gasteiger partial charge >= 0.3 is 7.12 Å². The van der Waals surface area contributed by atoms with Gasteiger partial charge in [-0.3, -0.25) is 4.79 Å². The summed E-state index contributed by atoms with van der Waals surface area (Å²) in [6.45, 7) is 0. The maximum absolute atomic E-state index is 11.7. The minimum absolute atomic E-state index is 0.00236. The van der Waals surface area contributed by atoms with Gasteiger partial charge in [-0.15, -0.1) is 0 Å². The molecule has 2 aromatic rings. The van der Waals surface area contributed by atoms with Crippen molar-refractivity contribution in [2.24, 2.45) is 0 Å². The van der Waals surface area contributed by atoms with Crippen molar-refractivity contribution in [2.45, 2.75) is 49.9 Å². The van der Waals surface area contributed by atoms with Crippen molar-refractivity contribution >= 4 is 24.5 Å². The summed E-state index contributed by atoms with van der Waals surface area (Å²) in [4.78, 5) is 13.3. The van der Waals surface area contributed by atoms with Crippen molar-refractivity contribution in [1.82, 2.24) is 4.90 Å². The van der Waals surface area contributed by atoms with Crippen LogP contribution in [-0.4, -0.2) is 52.7 Å². The van der Waals surface area contributed by atoms with E-state index in [0.29, 0.717) is 6.42 Å². The van der Waals surface area contributed by atoms with Gasteiger partial charge in [-0.25, -0.2) is 0 Å². The van der Waals surface area contributed by atoms with E-state index in [1.807, 2.05) is 24.3 Å². The Morgan fingerprint density at radius 2 is 2.17 bits per heavy atom. The first-order valence-corrected chi connectivity index (χ1v) is 8.37. The maximum atomic E-state index is 11.7. The van der Waals surface area contributed by atoms with Crippen LogP contribution < -0.4 is 0 Å². The van der Waals surface area contributed by atoms with Crippen LogP contribution in [-0.2, 0) is 16.0 Å². The van der Waals surface area contributed by atoms with Crippen LogP contribution >= 0.6 is 0 Å². The number of hydrogen-bond donors (Lipinski definition) is 2. The lowest BCUT2D eigenvalue weighted by Crippen LogP contribution is -2.54. The highest BCUT2D eigenvalue weighted by Gasteiger charge is 2.46. The summed E-state index contributed by atoms with van der Waals surface area (Å²) in [7, 11) is -1.62. The first-order valence-electron chi connectivity index (χ1n) is 8.37. The van der Waals surface area contributed by atoms with Crippen molar-refractivity contribution < 1.29 is 24.0 Å². The molecule has 2 aliphatic rings. The number of para-hydroxylation sites is 1. The molecule has 7 heteroatoms. The SMILES string of the molecule is O=CN([C@@H](Cc1coc2ccccc12)B(O)O)[C@H]1C[C@H]2CC[C@@H]1O2. The van der Waals surface area contributed by atoms with E-state index in [-0.39, 0.29) is 18.2 Å². The van der Waals surface area contributed by atoms with E-state index in [1.165, 1.54) is 4.90 Å². The third kappa shape index (κ3) is 2.62. The smallest absolute Gasteiger partial charge is 0.464 e. The highest BCUT2D eigenvalue weighted by atomic mass is 16.5. The first-order chi connectivity index (χ1) is 11.7. The van der Waals surface area contributed by atoms with E-state index in [1.54, 1.807) is 6.26 Å². The predicted molar refractivity (Wildman–Crippen MR) is 88.1 cm³/mol. The molecule has 4 atom stereocenters. The van der Waals surface area contributed by atoms with E-state index < -0.39 is 13.1 Å². The van der Waals surface area contributed by atoms with E-state index in [2.05, 4.69) is 0 Å². The highest BCUT2D eigenvalue weighted by molar-refractivity contribution is 6.43. The lowest BCUT2D eigenvalue weighted by Gasteiger charge is -2.35.